The Morgan fingerprint density at radius 2 is 1.92 bits per heavy atom. The van der Waals surface area contributed by atoms with Crippen LogP contribution in [0.5, 0.6) is 0 Å². The van der Waals surface area contributed by atoms with Crippen LogP contribution in [0.2, 0.25) is 0 Å². The minimum atomic E-state index is -1.94. The highest BCUT2D eigenvalue weighted by molar-refractivity contribution is 6.75. The normalized spacial score (nSPS) is 11.3. The summed E-state index contributed by atoms with van der Waals surface area (Å²) in [6, 6.07) is 0. The number of carbonyl (C=O) groups excluding carboxylic acids is 1. The maximum Gasteiger partial charge on any atom is 0.358 e. The molecule has 0 rings (SSSR count). The first kappa shape index (κ1) is 12.3. The van der Waals surface area contributed by atoms with E-state index in [2.05, 4.69) is 11.7 Å². The van der Waals surface area contributed by atoms with Crippen LogP contribution in [0.25, 0.3) is 0 Å². The Morgan fingerprint density at radius 3 is 2.33 bits per heavy atom. The predicted molar refractivity (Wildman–Crippen MR) is 50.8 cm³/mol. The maximum atomic E-state index is 10.8. The van der Waals surface area contributed by atoms with Crippen LogP contribution < -0.4 is 0 Å². The summed E-state index contributed by atoms with van der Waals surface area (Å²) < 4.78 is 2.74. The standard InChI is InChI=1S/C7H11Cl3O2/c1-2-3-4-5-12-6(11)7(8,9)10/h2-5H2,1H3. The molecule has 0 aliphatic heterocycles. The quantitative estimate of drug-likeness (QED) is 0.424. The van der Waals surface area contributed by atoms with Crippen LogP contribution in [0, 0.1) is 0 Å². The summed E-state index contributed by atoms with van der Waals surface area (Å²) in [6.45, 7) is 2.37. The third-order valence-corrected chi connectivity index (χ3v) is 1.68. The van der Waals surface area contributed by atoms with Gasteiger partial charge in [0.1, 0.15) is 0 Å². The molecular formula is C7H11Cl3O2. The van der Waals surface area contributed by atoms with Gasteiger partial charge in [0.15, 0.2) is 0 Å². The summed E-state index contributed by atoms with van der Waals surface area (Å²) in [6.07, 6.45) is 2.88. The molecule has 0 spiro atoms. The molecular weight excluding hydrogens is 222 g/mol. The fourth-order valence-electron chi connectivity index (χ4n) is 0.599. The van der Waals surface area contributed by atoms with Crippen molar-refractivity contribution in [3.63, 3.8) is 0 Å². The topological polar surface area (TPSA) is 26.3 Å². The lowest BCUT2D eigenvalue weighted by molar-refractivity contribution is -0.142. The predicted octanol–water partition coefficient (Wildman–Crippen LogP) is 3.09. The third kappa shape index (κ3) is 5.92. The molecule has 0 aromatic rings. The van der Waals surface area contributed by atoms with E-state index in [1.807, 2.05) is 0 Å². The number of alkyl halides is 3. The zero-order chi connectivity index (χ0) is 9.61. The molecule has 0 saturated carbocycles. The van der Waals surface area contributed by atoms with Crippen molar-refractivity contribution in [2.75, 3.05) is 6.61 Å². The molecule has 0 saturated heterocycles. The van der Waals surface area contributed by atoms with Gasteiger partial charge >= 0.3 is 5.97 Å². The van der Waals surface area contributed by atoms with Gasteiger partial charge in [0.05, 0.1) is 6.61 Å². The van der Waals surface area contributed by atoms with Crippen molar-refractivity contribution in [1.82, 2.24) is 0 Å². The van der Waals surface area contributed by atoms with E-state index in [1.54, 1.807) is 0 Å². The van der Waals surface area contributed by atoms with Gasteiger partial charge in [-0.25, -0.2) is 4.79 Å². The Morgan fingerprint density at radius 1 is 1.33 bits per heavy atom. The van der Waals surface area contributed by atoms with Crippen LogP contribution in [0.4, 0.5) is 0 Å². The van der Waals surface area contributed by atoms with Crippen molar-refractivity contribution < 1.29 is 9.53 Å². The molecule has 0 atom stereocenters. The van der Waals surface area contributed by atoms with E-state index in [0.29, 0.717) is 6.61 Å². The van der Waals surface area contributed by atoms with Gasteiger partial charge in [-0.15, -0.1) is 0 Å². The molecule has 0 N–H and O–H groups in total. The van der Waals surface area contributed by atoms with Gasteiger partial charge in [-0.1, -0.05) is 54.6 Å². The molecule has 12 heavy (non-hydrogen) atoms. The Hall–Kier alpha value is 0.340. The van der Waals surface area contributed by atoms with E-state index in [-0.39, 0.29) is 0 Å². The Kier molecular flexibility index (Phi) is 6.06. The van der Waals surface area contributed by atoms with Crippen molar-refractivity contribution in [3.05, 3.63) is 0 Å². The summed E-state index contributed by atoms with van der Waals surface area (Å²) in [5.74, 6) is -0.802. The van der Waals surface area contributed by atoms with Crippen LogP contribution in [-0.2, 0) is 9.53 Å². The number of carbonyl (C=O) groups is 1. The second-order valence-electron chi connectivity index (χ2n) is 2.34. The lowest BCUT2D eigenvalue weighted by Gasteiger charge is -2.09. The van der Waals surface area contributed by atoms with Crippen molar-refractivity contribution in [2.24, 2.45) is 0 Å². The highest BCUT2D eigenvalue weighted by atomic mass is 35.6. The molecule has 2 nitrogen and oxygen atoms in total. The van der Waals surface area contributed by atoms with Crippen molar-refractivity contribution in [1.29, 1.82) is 0 Å². The second-order valence-corrected chi connectivity index (χ2v) is 4.62. The number of esters is 1. The monoisotopic (exact) mass is 232 g/mol. The lowest BCUT2D eigenvalue weighted by Crippen LogP contribution is -2.22. The largest absolute Gasteiger partial charge is 0.463 e. The van der Waals surface area contributed by atoms with Crippen LogP contribution in [0.3, 0.4) is 0 Å². The van der Waals surface area contributed by atoms with Gasteiger partial charge in [0, 0.05) is 0 Å². The number of hydrogen-bond acceptors (Lipinski definition) is 2. The lowest BCUT2D eigenvalue weighted by atomic mass is 10.3. The second kappa shape index (κ2) is 5.90. The highest BCUT2D eigenvalue weighted by Crippen LogP contribution is 2.27. The molecule has 0 aliphatic carbocycles. The first-order valence-electron chi connectivity index (χ1n) is 3.72. The summed E-state index contributed by atoms with van der Waals surface area (Å²) in [4.78, 5) is 10.8. The molecule has 5 heteroatoms. The van der Waals surface area contributed by atoms with Gasteiger partial charge in [-0.3, -0.25) is 0 Å². The number of hydrogen-bond donors (Lipinski definition) is 0. The number of unbranched alkanes of at least 4 members (excludes halogenated alkanes) is 2. The molecule has 0 aromatic carbocycles. The Bertz CT molecular complexity index is 142. The zero-order valence-electron chi connectivity index (χ0n) is 6.78. The third-order valence-electron chi connectivity index (χ3n) is 1.21. The van der Waals surface area contributed by atoms with E-state index in [0.717, 1.165) is 19.3 Å². The summed E-state index contributed by atoms with van der Waals surface area (Å²) in [5, 5.41) is 0. The van der Waals surface area contributed by atoms with E-state index in [4.69, 9.17) is 34.8 Å². The minimum absolute atomic E-state index is 0.320. The summed E-state index contributed by atoms with van der Waals surface area (Å²) >= 11 is 15.8. The fraction of sp³-hybridized carbons (Fsp3) is 0.857. The smallest absolute Gasteiger partial charge is 0.358 e. The Labute approximate surface area is 87.1 Å². The summed E-state index contributed by atoms with van der Waals surface area (Å²) in [5.41, 5.74) is 0. The molecule has 0 amide bonds. The van der Waals surface area contributed by atoms with E-state index >= 15 is 0 Å². The van der Waals surface area contributed by atoms with E-state index in [9.17, 15) is 4.79 Å². The van der Waals surface area contributed by atoms with Crippen molar-refractivity contribution in [2.45, 2.75) is 30.0 Å². The van der Waals surface area contributed by atoms with E-state index < -0.39 is 9.76 Å². The first-order valence-corrected chi connectivity index (χ1v) is 4.85. The van der Waals surface area contributed by atoms with Crippen molar-refractivity contribution >= 4 is 40.8 Å². The van der Waals surface area contributed by atoms with Gasteiger partial charge in [-0.2, -0.15) is 0 Å². The molecule has 0 radical (unpaired) electrons. The number of rotatable bonds is 4. The molecule has 0 heterocycles. The Balaban J connectivity index is 3.45. The van der Waals surface area contributed by atoms with Gasteiger partial charge in [0.25, 0.3) is 3.79 Å². The van der Waals surface area contributed by atoms with Crippen LogP contribution in [-0.4, -0.2) is 16.4 Å². The maximum absolute atomic E-state index is 10.8. The average Bonchev–Trinajstić information content (AvgIpc) is 1.96. The van der Waals surface area contributed by atoms with Crippen LogP contribution in [0.15, 0.2) is 0 Å². The number of ether oxygens (including phenoxy) is 1. The van der Waals surface area contributed by atoms with Gasteiger partial charge in [-0.05, 0) is 6.42 Å². The highest BCUT2D eigenvalue weighted by Gasteiger charge is 2.32. The molecule has 0 fully saturated rings. The zero-order valence-corrected chi connectivity index (χ0v) is 9.05. The SMILES string of the molecule is CCCCCOC(=O)C(Cl)(Cl)Cl. The van der Waals surface area contributed by atoms with Gasteiger partial charge in [0.2, 0.25) is 0 Å². The molecule has 0 aromatic heterocycles. The van der Waals surface area contributed by atoms with Crippen molar-refractivity contribution in [3.8, 4) is 0 Å². The fourth-order valence-corrected chi connectivity index (χ4v) is 0.762. The first-order chi connectivity index (χ1) is 5.48. The van der Waals surface area contributed by atoms with E-state index in [1.165, 1.54) is 0 Å². The molecule has 0 aliphatic rings. The molecule has 72 valence electrons. The van der Waals surface area contributed by atoms with Crippen LogP contribution >= 0.6 is 34.8 Å². The average molecular weight is 234 g/mol. The van der Waals surface area contributed by atoms with Gasteiger partial charge < -0.3 is 4.74 Å². The minimum Gasteiger partial charge on any atom is -0.463 e. The summed E-state index contributed by atoms with van der Waals surface area (Å²) in [7, 11) is 0. The molecule has 0 unspecified atom stereocenters. The molecule has 0 bridgehead atoms. The van der Waals surface area contributed by atoms with Crippen LogP contribution in [0.1, 0.15) is 26.2 Å². The number of halogens is 3.